The third-order valence-electron chi connectivity index (χ3n) is 2.85. The van der Waals surface area contributed by atoms with Crippen LogP contribution in [0.3, 0.4) is 0 Å². The Morgan fingerprint density at radius 3 is 2.79 bits per heavy atom. The maximum absolute atomic E-state index is 12.0. The predicted molar refractivity (Wildman–Crippen MR) is 76.0 cm³/mol. The molecule has 0 unspecified atom stereocenters. The SMILES string of the molecule is CCOCCCNCC(=O)c1ccc(OC)c(C)c1. The molecule has 0 aliphatic rings. The first-order valence-electron chi connectivity index (χ1n) is 6.65. The molecular weight excluding hydrogens is 242 g/mol. The molecule has 0 spiro atoms. The zero-order chi connectivity index (χ0) is 14.1. The molecule has 0 radical (unpaired) electrons. The number of ether oxygens (including phenoxy) is 2. The van der Waals surface area contributed by atoms with Gasteiger partial charge in [0.2, 0.25) is 0 Å². The minimum atomic E-state index is 0.0992. The Labute approximate surface area is 115 Å². The van der Waals surface area contributed by atoms with Gasteiger partial charge in [-0.25, -0.2) is 0 Å². The molecule has 0 saturated carbocycles. The number of ketones is 1. The van der Waals surface area contributed by atoms with Crippen molar-refractivity contribution in [2.45, 2.75) is 20.3 Å². The van der Waals surface area contributed by atoms with Gasteiger partial charge in [-0.1, -0.05) is 0 Å². The van der Waals surface area contributed by atoms with Crippen LogP contribution in [0, 0.1) is 6.92 Å². The first kappa shape index (κ1) is 15.7. The summed E-state index contributed by atoms with van der Waals surface area (Å²) in [5.41, 5.74) is 1.69. The van der Waals surface area contributed by atoms with Gasteiger partial charge in [-0.3, -0.25) is 4.79 Å². The number of benzene rings is 1. The quantitative estimate of drug-likeness (QED) is 0.549. The van der Waals surface area contributed by atoms with Crippen LogP contribution in [0.15, 0.2) is 18.2 Å². The number of hydrogen-bond donors (Lipinski definition) is 1. The molecule has 0 fully saturated rings. The van der Waals surface area contributed by atoms with E-state index in [4.69, 9.17) is 9.47 Å². The molecule has 1 N–H and O–H groups in total. The zero-order valence-electron chi connectivity index (χ0n) is 12.0. The van der Waals surface area contributed by atoms with Gasteiger partial charge in [0.1, 0.15) is 5.75 Å². The van der Waals surface area contributed by atoms with Crippen molar-refractivity contribution >= 4 is 5.78 Å². The van der Waals surface area contributed by atoms with Crippen molar-refractivity contribution in [2.75, 3.05) is 33.4 Å². The van der Waals surface area contributed by atoms with Crippen LogP contribution in [-0.4, -0.2) is 39.2 Å². The van der Waals surface area contributed by atoms with E-state index in [1.807, 2.05) is 26.0 Å². The first-order chi connectivity index (χ1) is 9.19. The lowest BCUT2D eigenvalue weighted by Crippen LogP contribution is -2.24. The molecule has 0 bridgehead atoms. The van der Waals surface area contributed by atoms with Gasteiger partial charge in [-0.2, -0.15) is 0 Å². The number of carbonyl (C=O) groups is 1. The van der Waals surface area contributed by atoms with Crippen molar-refractivity contribution in [3.05, 3.63) is 29.3 Å². The van der Waals surface area contributed by atoms with Gasteiger partial charge < -0.3 is 14.8 Å². The molecule has 1 aromatic rings. The van der Waals surface area contributed by atoms with Gasteiger partial charge in [-0.05, 0) is 50.6 Å². The molecule has 0 aromatic heterocycles. The van der Waals surface area contributed by atoms with Crippen LogP contribution in [0.1, 0.15) is 29.3 Å². The Balaban J connectivity index is 2.35. The summed E-state index contributed by atoms with van der Waals surface area (Å²) in [6.45, 7) is 6.54. The van der Waals surface area contributed by atoms with E-state index in [9.17, 15) is 4.79 Å². The highest BCUT2D eigenvalue weighted by Gasteiger charge is 2.07. The lowest BCUT2D eigenvalue weighted by Gasteiger charge is -2.08. The summed E-state index contributed by atoms with van der Waals surface area (Å²) in [6, 6.07) is 5.50. The van der Waals surface area contributed by atoms with E-state index >= 15 is 0 Å². The number of rotatable bonds is 9. The molecule has 0 aliphatic carbocycles. The molecule has 4 nitrogen and oxygen atoms in total. The molecular formula is C15H23NO3. The van der Waals surface area contributed by atoms with E-state index in [1.165, 1.54) is 0 Å². The number of methoxy groups -OCH3 is 1. The van der Waals surface area contributed by atoms with E-state index in [2.05, 4.69) is 5.32 Å². The van der Waals surface area contributed by atoms with Crippen molar-refractivity contribution in [3.63, 3.8) is 0 Å². The third-order valence-corrected chi connectivity index (χ3v) is 2.85. The molecule has 0 aliphatic heterocycles. The lowest BCUT2D eigenvalue weighted by molar-refractivity contribution is 0.0988. The monoisotopic (exact) mass is 265 g/mol. The van der Waals surface area contributed by atoms with Gasteiger partial charge in [0.15, 0.2) is 5.78 Å². The third kappa shape index (κ3) is 5.41. The van der Waals surface area contributed by atoms with E-state index in [1.54, 1.807) is 13.2 Å². The number of aryl methyl sites for hydroxylation is 1. The van der Waals surface area contributed by atoms with Crippen molar-refractivity contribution < 1.29 is 14.3 Å². The maximum Gasteiger partial charge on any atom is 0.176 e. The normalized spacial score (nSPS) is 10.5. The predicted octanol–water partition coefficient (Wildman–Crippen LogP) is 2.20. The number of nitrogens with one attached hydrogen (secondary N) is 1. The topological polar surface area (TPSA) is 47.6 Å². The largest absolute Gasteiger partial charge is 0.496 e. The number of hydrogen-bond acceptors (Lipinski definition) is 4. The molecule has 106 valence electrons. The molecule has 0 heterocycles. The number of carbonyl (C=O) groups excluding carboxylic acids is 1. The van der Waals surface area contributed by atoms with Crippen LogP contribution in [0.4, 0.5) is 0 Å². The highest BCUT2D eigenvalue weighted by molar-refractivity contribution is 5.97. The average molecular weight is 265 g/mol. The van der Waals surface area contributed by atoms with Crippen molar-refractivity contribution in [2.24, 2.45) is 0 Å². The molecule has 0 atom stereocenters. The maximum atomic E-state index is 12.0. The van der Waals surface area contributed by atoms with Crippen LogP contribution in [0.5, 0.6) is 5.75 Å². The molecule has 0 amide bonds. The van der Waals surface area contributed by atoms with Crippen LogP contribution >= 0.6 is 0 Å². The Morgan fingerprint density at radius 2 is 2.16 bits per heavy atom. The van der Waals surface area contributed by atoms with Crippen molar-refractivity contribution in [1.29, 1.82) is 0 Å². The van der Waals surface area contributed by atoms with E-state index < -0.39 is 0 Å². The molecule has 1 rings (SSSR count). The summed E-state index contributed by atoms with van der Waals surface area (Å²) in [4.78, 5) is 12.0. The smallest absolute Gasteiger partial charge is 0.176 e. The second kappa shape index (κ2) is 8.67. The van der Waals surface area contributed by atoms with Crippen molar-refractivity contribution in [1.82, 2.24) is 5.32 Å². The standard InChI is InChI=1S/C15H23NO3/c1-4-19-9-5-8-16-11-14(17)13-6-7-15(18-3)12(2)10-13/h6-7,10,16H,4-5,8-9,11H2,1-3H3. The summed E-state index contributed by atoms with van der Waals surface area (Å²) in [5.74, 6) is 0.906. The first-order valence-corrected chi connectivity index (χ1v) is 6.65. The average Bonchev–Trinajstić information content (AvgIpc) is 2.42. The van der Waals surface area contributed by atoms with Crippen LogP contribution in [0.25, 0.3) is 0 Å². The van der Waals surface area contributed by atoms with Gasteiger partial charge >= 0.3 is 0 Å². The fraction of sp³-hybridized carbons (Fsp3) is 0.533. The second-order valence-electron chi connectivity index (χ2n) is 4.33. The summed E-state index contributed by atoms with van der Waals surface area (Å²) in [7, 11) is 1.63. The fourth-order valence-electron chi connectivity index (χ4n) is 1.80. The summed E-state index contributed by atoms with van der Waals surface area (Å²) < 4.78 is 10.4. The molecule has 1 aromatic carbocycles. The van der Waals surface area contributed by atoms with Gasteiger partial charge in [0, 0.05) is 18.8 Å². The molecule has 19 heavy (non-hydrogen) atoms. The van der Waals surface area contributed by atoms with Gasteiger partial charge in [0.05, 0.1) is 13.7 Å². The summed E-state index contributed by atoms with van der Waals surface area (Å²) in [6.07, 6.45) is 0.919. The molecule has 0 saturated heterocycles. The van der Waals surface area contributed by atoms with Crippen LogP contribution in [-0.2, 0) is 4.74 Å². The molecule has 4 heteroatoms. The highest BCUT2D eigenvalue weighted by Crippen LogP contribution is 2.18. The Bertz CT molecular complexity index is 404. The van der Waals surface area contributed by atoms with Crippen LogP contribution in [0.2, 0.25) is 0 Å². The summed E-state index contributed by atoms with van der Waals surface area (Å²) in [5, 5.41) is 3.13. The fourth-order valence-corrected chi connectivity index (χ4v) is 1.80. The highest BCUT2D eigenvalue weighted by atomic mass is 16.5. The minimum Gasteiger partial charge on any atom is -0.496 e. The Hall–Kier alpha value is -1.39. The van der Waals surface area contributed by atoms with Gasteiger partial charge in [0.25, 0.3) is 0 Å². The second-order valence-corrected chi connectivity index (χ2v) is 4.33. The summed E-state index contributed by atoms with van der Waals surface area (Å²) >= 11 is 0. The lowest BCUT2D eigenvalue weighted by atomic mass is 10.1. The van der Waals surface area contributed by atoms with Gasteiger partial charge in [-0.15, -0.1) is 0 Å². The van der Waals surface area contributed by atoms with E-state index in [0.29, 0.717) is 6.54 Å². The Morgan fingerprint density at radius 1 is 1.37 bits per heavy atom. The van der Waals surface area contributed by atoms with E-state index in [0.717, 1.165) is 43.1 Å². The number of Topliss-reactive ketones (excluding diaryl/α,β-unsaturated/α-hetero) is 1. The van der Waals surface area contributed by atoms with Crippen molar-refractivity contribution in [3.8, 4) is 5.75 Å². The van der Waals surface area contributed by atoms with Crippen LogP contribution < -0.4 is 10.1 Å². The zero-order valence-corrected chi connectivity index (χ0v) is 12.0. The Kier molecular flexibility index (Phi) is 7.15. The minimum absolute atomic E-state index is 0.0992. The van der Waals surface area contributed by atoms with E-state index in [-0.39, 0.29) is 5.78 Å².